The largest absolute Gasteiger partial charge is 0.444 e. The average Bonchev–Trinajstić information content (AvgIpc) is 2.73. The molecule has 150 valence electrons. The number of rotatable bonds is 6. The van der Waals surface area contributed by atoms with Crippen molar-refractivity contribution in [1.82, 2.24) is 10.3 Å². The number of hydrogen-bond donors (Lipinski definition) is 1. The van der Waals surface area contributed by atoms with Gasteiger partial charge >= 0.3 is 11.7 Å². The zero-order valence-electron chi connectivity index (χ0n) is 16.2. The Morgan fingerprint density at radius 2 is 1.97 bits per heavy atom. The van der Waals surface area contributed by atoms with Crippen LogP contribution in [0.4, 0.5) is 10.5 Å². The Kier molecular flexibility index (Phi) is 6.23. The monoisotopic (exact) mass is 395 g/mol. The lowest BCUT2D eigenvalue weighted by Crippen LogP contribution is -2.31. The maximum atomic E-state index is 12.0. The van der Waals surface area contributed by atoms with Crippen LogP contribution in [0, 0.1) is 0 Å². The van der Waals surface area contributed by atoms with Gasteiger partial charge in [-0.3, -0.25) is 15.1 Å². The molecule has 8 heteroatoms. The van der Waals surface area contributed by atoms with Crippen molar-refractivity contribution in [2.75, 3.05) is 18.0 Å². The standard InChI is InChI=1S/C21H21N3O5/c1-3-24(4-2)16-7-8-17-15(10-19(25)29-18(17)11-16)13-28-21(27)23-20(26)14-6-5-9-22-12-14/h5-12H,3-4,13H2,1-2H3,(H,23,26,27). The molecule has 1 aromatic carbocycles. The molecule has 0 spiro atoms. The number of pyridine rings is 1. The number of imide groups is 1. The third-order valence-corrected chi connectivity index (χ3v) is 4.44. The van der Waals surface area contributed by atoms with E-state index in [2.05, 4.69) is 15.2 Å². The molecule has 2 aromatic heterocycles. The van der Waals surface area contributed by atoms with Gasteiger partial charge in [0.05, 0.1) is 5.56 Å². The van der Waals surface area contributed by atoms with Gasteiger partial charge in [0.1, 0.15) is 12.2 Å². The van der Waals surface area contributed by atoms with E-state index in [0.29, 0.717) is 16.5 Å². The smallest absolute Gasteiger partial charge is 0.414 e. The highest BCUT2D eigenvalue weighted by atomic mass is 16.5. The second kappa shape index (κ2) is 9.01. The Hall–Kier alpha value is -3.68. The van der Waals surface area contributed by atoms with Crippen LogP contribution in [0.25, 0.3) is 11.0 Å². The second-order valence-corrected chi connectivity index (χ2v) is 6.22. The normalized spacial score (nSPS) is 10.6. The van der Waals surface area contributed by atoms with Crippen molar-refractivity contribution in [2.24, 2.45) is 0 Å². The quantitative estimate of drug-likeness (QED) is 0.640. The van der Waals surface area contributed by atoms with Crippen molar-refractivity contribution in [3.8, 4) is 0 Å². The Morgan fingerprint density at radius 3 is 2.66 bits per heavy atom. The highest BCUT2D eigenvalue weighted by Gasteiger charge is 2.14. The number of benzene rings is 1. The lowest BCUT2D eigenvalue weighted by atomic mass is 10.1. The molecule has 8 nitrogen and oxygen atoms in total. The summed E-state index contributed by atoms with van der Waals surface area (Å²) >= 11 is 0. The number of nitrogens with zero attached hydrogens (tertiary/aromatic N) is 2. The molecule has 2 heterocycles. The van der Waals surface area contributed by atoms with Crippen LogP contribution >= 0.6 is 0 Å². The maximum Gasteiger partial charge on any atom is 0.414 e. The van der Waals surface area contributed by atoms with Crippen molar-refractivity contribution < 1.29 is 18.7 Å². The molecule has 0 aliphatic heterocycles. The summed E-state index contributed by atoms with van der Waals surface area (Å²) in [4.78, 5) is 41.8. The Balaban J connectivity index is 1.75. The van der Waals surface area contributed by atoms with Crippen LogP contribution in [0.5, 0.6) is 0 Å². The summed E-state index contributed by atoms with van der Waals surface area (Å²) in [7, 11) is 0. The number of nitrogens with one attached hydrogen (secondary N) is 1. The van der Waals surface area contributed by atoms with Gasteiger partial charge in [0.25, 0.3) is 5.91 Å². The Bertz CT molecular complexity index is 1070. The third kappa shape index (κ3) is 4.78. The number of alkyl carbamates (subject to hydrolysis) is 1. The molecule has 3 aromatic rings. The van der Waals surface area contributed by atoms with Gasteiger partial charge in [-0.05, 0) is 38.1 Å². The number of carbonyl (C=O) groups is 2. The van der Waals surface area contributed by atoms with Crippen molar-refractivity contribution >= 4 is 28.7 Å². The number of hydrogen-bond acceptors (Lipinski definition) is 7. The molecule has 1 N–H and O–H groups in total. The van der Waals surface area contributed by atoms with Crippen molar-refractivity contribution in [1.29, 1.82) is 0 Å². The van der Waals surface area contributed by atoms with E-state index in [0.717, 1.165) is 18.8 Å². The summed E-state index contributed by atoms with van der Waals surface area (Å²) in [5.41, 5.74) is 1.53. The number of fused-ring (bicyclic) bond motifs is 1. The van der Waals surface area contributed by atoms with Gasteiger partial charge in [-0.2, -0.15) is 0 Å². The van der Waals surface area contributed by atoms with E-state index >= 15 is 0 Å². The highest BCUT2D eigenvalue weighted by Crippen LogP contribution is 2.24. The van der Waals surface area contributed by atoms with Gasteiger partial charge < -0.3 is 14.1 Å². The lowest BCUT2D eigenvalue weighted by Gasteiger charge is -2.21. The first-order chi connectivity index (χ1) is 14.0. The average molecular weight is 395 g/mol. The van der Waals surface area contributed by atoms with Crippen molar-refractivity contribution in [3.63, 3.8) is 0 Å². The molecule has 0 unspecified atom stereocenters. The number of amides is 2. The summed E-state index contributed by atoms with van der Waals surface area (Å²) in [6, 6.07) is 9.92. The summed E-state index contributed by atoms with van der Waals surface area (Å²) in [6.07, 6.45) is 1.94. The van der Waals surface area contributed by atoms with Crippen LogP contribution in [0.3, 0.4) is 0 Å². The summed E-state index contributed by atoms with van der Waals surface area (Å²) in [5.74, 6) is -0.621. The van der Waals surface area contributed by atoms with Crippen LogP contribution in [0.2, 0.25) is 0 Å². The van der Waals surface area contributed by atoms with Gasteiger partial charge in [-0.15, -0.1) is 0 Å². The fourth-order valence-corrected chi connectivity index (χ4v) is 2.96. The SMILES string of the molecule is CCN(CC)c1ccc2c(COC(=O)NC(=O)c3cccnc3)cc(=O)oc2c1. The molecule has 0 fully saturated rings. The first-order valence-electron chi connectivity index (χ1n) is 9.21. The topological polar surface area (TPSA) is 102 Å². The van der Waals surface area contributed by atoms with Crippen LogP contribution in [-0.2, 0) is 11.3 Å². The first-order valence-corrected chi connectivity index (χ1v) is 9.21. The fourth-order valence-electron chi connectivity index (χ4n) is 2.96. The van der Waals surface area contributed by atoms with Gasteiger partial charge in [-0.25, -0.2) is 9.59 Å². The molecule has 0 saturated heterocycles. The molecule has 0 bridgehead atoms. The first kappa shape index (κ1) is 20.1. The van der Waals surface area contributed by atoms with E-state index in [-0.39, 0.29) is 12.2 Å². The van der Waals surface area contributed by atoms with Crippen LogP contribution < -0.4 is 15.8 Å². The molecule has 0 atom stereocenters. The highest BCUT2D eigenvalue weighted by molar-refractivity contribution is 6.02. The van der Waals surface area contributed by atoms with Crippen molar-refractivity contribution in [3.05, 3.63) is 70.3 Å². The third-order valence-electron chi connectivity index (χ3n) is 4.44. The molecule has 0 radical (unpaired) electrons. The lowest BCUT2D eigenvalue weighted by molar-refractivity contribution is 0.0912. The minimum Gasteiger partial charge on any atom is -0.444 e. The molecule has 0 aliphatic carbocycles. The van der Waals surface area contributed by atoms with Crippen LogP contribution in [-0.4, -0.2) is 30.1 Å². The number of ether oxygens (including phenoxy) is 1. The summed E-state index contributed by atoms with van der Waals surface area (Å²) in [6.45, 7) is 5.54. The van der Waals surface area contributed by atoms with Gasteiger partial charge in [0.2, 0.25) is 0 Å². The minimum absolute atomic E-state index is 0.182. The number of anilines is 1. The summed E-state index contributed by atoms with van der Waals surface area (Å²) in [5, 5.41) is 2.78. The van der Waals surface area contributed by atoms with E-state index in [1.807, 2.05) is 26.0 Å². The van der Waals surface area contributed by atoms with Crippen molar-refractivity contribution in [2.45, 2.75) is 20.5 Å². The number of carbonyl (C=O) groups excluding carboxylic acids is 2. The molecule has 0 saturated carbocycles. The van der Waals surface area contributed by atoms with Gasteiger partial charge in [-0.1, -0.05) is 0 Å². The predicted molar refractivity (Wildman–Crippen MR) is 108 cm³/mol. The summed E-state index contributed by atoms with van der Waals surface area (Å²) < 4.78 is 10.4. The van der Waals surface area contributed by atoms with Gasteiger partial charge in [0, 0.05) is 54.3 Å². The van der Waals surface area contributed by atoms with E-state index in [1.165, 1.54) is 24.5 Å². The van der Waals surface area contributed by atoms with Crippen LogP contribution in [0.15, 0.2) is 58.0 Å². The molecule has 0 aliphatic rings. The Morgan fingerprint density at radius 1 is 1.17 bits per heavy atom. The van der Waals surface area contributed by atoms with E-state index in [9.17, 15) is 14.4 Å². The second-order valence-electron chi connectivity index (χ2n) is 6.22. The van der Waals surface area contributed by atoms with Gasteiger partial charge in [0.15, 0.2) is 0 Å². The molecule has 2 amide bonds. The number of aromatic nitrogens is 1. The van der Waals surface area contributed by atoms with E-state index < -0.39 is 17.6 Å². The fraction of sp³-hybridized carbons (Fsp3) is 0.238. The maximum absolute atomic E-state index is 12.0. The Labute approximate surface area is 167 Å². The molecule has 29 heavy (non-hydrogen) atoms. The molecular formula is C21H21N3O5. The zero-order chi connectivity index (χ0) is 20.8. The molecule has 3 rings (SSSR count). The zero-order valence-corrected chi connectivity index (χ0v) is 16.2. The predicted octanol–water partition coefficient (Wildman–Crippen LogP) is 3.10. The minimum atomic E-state index is -0.917. The van der Waals surface area contributed by atoms with Crippen LogP contribution in [0.1, 0.15) is 29.8 Å². The molecular weight excluding hydrogens is 374 g/mol. The van der Waals surface area contributed by atoms with E-state index in [4.69, 9.17) is 9.15 Å². The van der Waals surface area contributed by atoms with E-state index in [1.54, 1.807) is 12.1 Å².